The summed E-state index contributed by atoms with van der Waals surface area (Å²) in [5, 5.41) is 0.540. The standard InChI is InChI=1S/C9H10BrF2NO/c1-5-6(4-10)8(14-2)3-7(13-5)9(11)12/h3,9H,4H2,1-2H3. The minimum absolute atomic E-state index is 0.246. The van der Waals surface area contributed by atoms with E-state index < -0.39 is 6.43 Å². The van der Waals surface area contributed by atoms with E-state index in [9.17, 15) is 8.78 Å². The van der Waals surface area contributed by atoms with E-state index in [2.05, 4.69) is 20.9 Å². The third-order valence-electron chi connectivity index (χ3n) is 1.89. The van der Waals surface area contributed by atoms with Crippen molar-refractivity contribution in [3.05, 3.63) is 23.0 Å². The summed E-state index contributed by atoms with van der Waals surface area (Å²) < 4.78 is 29.7. The van der Waals surface area contributed by atoms with E-state index in [0.29, 0.717) is 16.8 Å². The molecule has 0 saturated carbocycles. The number of aromatic nitrogens is 1. The smallest absolute Gasteiger partial charge is 0.280 e. The van der Waals surface area contributed by atoms with Crippen LogP contribution in [0.3, 0.4) is 0 Å². The van der Waals surface area contributed by atoms with Crippen molar-refractivity contribution in [2.24, 2.45) is 0 Å². The van der Waals surface area contributed by atoms with Gasteiger partial charge >= 0.3 is 0 Å². The Morgan fingerprint density at radius 2 is 2.21 bits per heavy atom. The molecular weight excluding hydrogens is 256 g/mol. The van der Waals surface area contributed by atoms with Gasteiger partial charge in [-0.15, -0.1) is 0 Å². The van der Waals surface area contributed by atoms with Crippen LogP contribution in [0.15, 0.2) is 6.07 Å². The Bertz CT molecular complexity index is 331. The van der Waals surface area contributed by atoms with Crippen LogP contribution in [0.2, 0.25) is 0 Å². The first kappa shape index (κ1) is 11.4. The highest BCUT2D eigenvalue weighted by Crippen LogP contribution is 2.28. The number of alkyl halides is 3. The fraction of sp³-hybridized carbons (Fsp3) is 0.444. The molecule has 0 amide bonds. The lowest BCUT2D eigenvalue weighted by molar-refractivity contribution is 0.145. The lowest BCUT2D eigenvalue weighted by atomic mass is 10.2. The van der Waals surface area contributed by atoms with Gasteiger partial charge in [0.1, 0.15) is 11.4 Å². The molecule has 1 aromatic heterocycles. The second-order valence-corrected chi connectivity index (χ2v) is 3.31. The lowest BCUT2D eigenvalue weighted by Gasteiger charge is -2.10. The molecule has 0 fully saturated rings. The Kier molecular flexibility index (Phi) is 3.80. The molecule has 14 heavy (non-hydrogen) atoms. The van der Waals surface area contributed by atoms with E-state index >= 15 is 0 Å². The molecule has 1 aromatic rings. The molecule has 78 valence electrons. The zero-order valence-corrected chi connectivity index (χ0v) is 9.44. The number of hydrogen-bond donors (Lipinski definition) is 0. The molecule has 0 unspecified atom stereocenters. The summed E-state index contributed by atoms with van der Waals surface area (Å²) in [5.41, 5.74) is 1.12. The zero-order chi connectivity index (χ0) is 10.7. The fourth-order valence-corrected chi connectivity index (χ4v) is 1.83. The van der Waals surface area contributed by atoms with Crippen LogP contribution < -0.4 is 4.74 Å². The van der Waals surface area contributed by atoms with Crippen LogP contribution in [-0.2, 0) is 5.33 Å². The van der Waals surface area contributed by atoms with Gasteiger partial charge in [-0.25, -0.2) is 8.78 Å². The fourth-order valence-electron chi connectivity index (χ4n) is 1.15. The van der Waals surface area contributed by atoms with Crippen molar-refractivity contribution in [3.63, 3.8) is 0 Å². The Morgan fingerprint density at radius 3 is 2.64 bits per heavy atom. The number of halogens is 3. The SMILES string of the molecule is COc1cc(C(F)F)nc(C)c1CBr. The molecule has 5 heteroatoms. The van der Waals surface area contributed by atoms with E-state index in [4.69, 9.17) is 4.74 Å². The number of ether oxygens (including phenoxy) is 1. The van der Waals surface area contributed by atoms with E-state index in [0.717, 1.165) is 5.56 Å². The predicted octanol–water partition coefficient (Wildman–Crippen LogP) is 3.23. The third-order valence-corrected chi connectivity index (χ3v) is 2.45. The normalized spacial score (nSPS) is 10.7. The van der Waals surface area contributed by atoms with E-state index in [1.165, 1.54) is 13.2 Å². The van der Waals surface area contributed by atoms with Gasteiger partial charge in [0, 0.05) is 22.7 Å². The molecule has 0 N–H and O–H groups in total. The first-order valence-electron chi connectivity index (χ1n) is 3.98. The average Bonchev–Trinajstić information content (AvgIpc) is 2.16. The molecule has 0 aliphatic heterocycles. The van der Waals surface area contributed by atoms with E-state index in [1.807, 2.05) is 0 Å². The number of pyridine rings is 1. The van der Waals surface area contributed by atoms with Crippen molar-refractivity contribution in [1.82, 2.24) is 4.98 Å². The molecule has 1 rings (SSSR count). The number of methoxy groups -OCH3 is 1. The average molecular weight is 266 g/mol. The van der Waals surface area contributed by atoms with Gasteiger partial charge in [-0.3, -0.25) is 4.98 Å². The first-order valence-corrected chi connectivity index (χ1v) is 5.10. The Balaban J connectivity index is 3.24. The molecule has 0 spiro atoms. The van der Waals surface area contributed by atoms with Crippen LogP contribution in [0.25, 0.3) is 0 Å². The van der Waals surface area contributed by atoms with Gasteiger partial charge in [-0.05, 0) is 6.92 Å². The van der Waals surface area contributed by atoms with Crippen LogP contribution in [0.5, 0.6) is 5.75 Å². The molecule has 0 atom stereocenters. The van der Waals surface area contributed by atoms with Crippen LogP contribution in [0.1, 0.15) is 23.4 Å². The van der Waals surface area contributed by atoms with Crippen molar-refractivity contribution in [3.8, 4) is 5.75 Å². The highest BCUT2D eigenvalue weighted by Gasteiger charge is 2.15. The molecule has 0 aliphatic carbocycles. The Hall–Kier alpha value is -0.710. The van der Waals surface area contributed by atoms with Gasteiger partial charge in [0.05, 0.1) is 7.11 Å². The van der Waals surface area contributed by atoms with Crippen LogP contribution in [0, 0.1) is 6.92 Å². The van der Waals surface area contributed by atoms with Crippen molar-refractivity contribution >= 4 is 15.9 Å². The summed E-state index contributed by atoms with van der Waals surface area (Å²) in [6, 6.07) is 1.27. The Labute approximate surface area is 89.4 Å². The maximum Gasteiger partial charge on any atom is 0.280 e. The quantitative estimate of drug-likeness (QED) is 0.783. The van der Waals surface area contributed by atoms with Crippen molar-refractivity contribution in [2.45, 2.75) is 18.7 Å². The topological polar surface area (TPSA) is 22.1 Å². The second kappa shape index (κ2) is 4.68. The second-order valence-electron chi connectivity index (χ2n) is 2.75. The predicted molar refractivity (Wildman–Crippen MR) is 53.1 cm³/mol. The molecule has 2 nitrogen and oxygen atoms in total. The molecule has 0 aliphatic rings. The summed E-state index contributed by atoms with van der Waals surface area (Å²) in [4.78, 5) is 3.79. The molecule has 1 heterocycles. The molecule has 0 radical (unpaired) electrons. The summed E-state index contributed by atoms with van der Waals surface area (Å²) >= 11 is 3.25. The molecular formula is C9H10BrF2NO. The highest BCUT2D eigenvalue weighted by atomic mass is 79.9. The van der Waals surface area contributed by atoms with Gasteiger partial charge < -0.3 is 4.74 Å². The number of rotatable bonds is 3. The van der Waals surface area contributed by atoms with Gasteiger partial charge in [0.15, 0.2) is 0 Å². The minimum atomic E-state index is -2.56. The molecule has 0 saturated heterocycles. The van der Waals surface area contributed by atoms with E-state index in [1.54, 1.807) is 6.92 Å². The van der Waals surface area contributed by atoms with Crippen LogP contribution in [-0.4, -0.2) is 12.1 Å². The molecule has 0 bridgehead atoms. The van der Waals surface area contributed by atoms with Crippen molar-refractivity contribution in [1.29, 1.82) is 0 Å². The summed E-state index contributed by atoms with van der Waals surface area (Å²) in [5.74, 6) is 0.449. The maximum absolute atomic E-state index is 12.4. The largest absolute Gasteiger partial charge is 0.496 e. The van der Waals surface area contributed by atoms with Crippen molar-refractivity contribution in [2.75, 3.05) is 7.11 Å². The third kappa shape index (κ3) is 2.20. The van der Waals surface area contributed by atoms with Gasteiger partial charge in [0.25, 0.3) is 6.43 Å². The summed E-state index contributed by atoms with van der Waals surface area (Å²) in [6.45, 7) is 1.69. The summed E-state index contributed by atoms with van der Waals surface area (Å²) in [6.07, 6.45) is -2.56. The van der Waals surface area contributed by atoms with Gasteiger partial charge in [-0.2, -0.15) is 0 Å². The Morgan fingerprint density at radius 1 is 1.57 bits per heavy atom. The summed E-state index contributed by atoms with van der Waals surface area (Å²) in [7, 11) is 1.45. The number of hydrogen-bond acceptors (Lipinski definition) is 2. The number of nitrogens with zero attached hydrogens (tertiary/aromatic N) is 1. The number of aryl methyl sites for hydroxylation is 1. The zero-order valence-electron chi connectivity index (χ0n) is 7.85. The first-order chi connectivity index (χ1) is 6.60. The highest BCUT2D eigenvalue weighted by molar-refractivity contribution is 9.08. The van der Waals surface area contributed by atoms with Crippen molar-refractivity contribution < 1.29 is 13.5 Å². The maximum atomic E-state index is 12.4. The van der Waals surface area contributed by atoms with Crippen LogP contribution in [0.4, 0.5) is 8.78 Å². The van der Waals surface area contributed by atoms with Gasteiger partial charge in [-0.1, -0.05) is 15.9 Å². The monoisotopic (exact) mass is 265 g/mol. The minimum Gasteiger partial charge on any atom is -0.496 e. The van der Waals surface area contributed by atoms with Gasteiger partial charge in [0.2, 0.25) is 0 Å². The van der Waals surface area contributed by atoms with Crippen LogP contribution >= 0.6 is 15.9 Å². The lowest BCUT2D eigenvalue weighted by Crippen LogP contribution is -2.00. The van der Waals surface area contributed by atoms with E-state index in [-0.39, 0.29) is 5.69 Å². The molecule has 0 aromatic carbocycles.